The van der Waals surface area contributed by atoms with Gasteiger partial charge in [-0.15, -0.1) is 0 Å². The molecular formula is C68H66BN3. The van der Waals surface area contributed by atoms with Crippen LogP contribution in [-0.2, 0) is 45.6 Å². The van der Waals surface area contributed by atoms with Gasteiger partial charge in [-0.25, -0.2) is 0 Å². The van der Waals surface area contributed by atoms with E-state index < -0.39 is 0 Å². The van der Waals surface area contributed by atoms with E-state index in [9.17, 15) is 0 Å². The predicted molar refractivity (Wildman–Crippen MR) is 305 cm³/mol. The molecule has 0 spiro atoms. The van der Waals surface area contributed by atoms with Crippen molar-refractivity contribution in [2.45, 2.75) is 128 Å². The molecule has 4 unspecified atom stereocenters. The Morgan fingerprint density at radius 3 is 1.64 bits per heavy atom. The normalized spacial score (nSPS) is 23.9. The van der Waals surface area contributed by atoms with Gasteiger partial charge in [-0.2, -0.15) is 0 Å². The highest BCUT2D eigenvalue weighted by molar-refractivity contribution is 7.00. The van der Waals surface area contributed by atoms with E-state index in [1.54, 1.807) is 0 Å². The van der Waals surface area contributed by atoms with Gasteiger partial charge in [-0.1, -0.05) is 189 Å². The number of anilines is 7. The molecule has 3 nitrogen and oxygen atoms in total. The Kier molecular flexibility index (Phi) is 8.83. The van der Waals surface area contributed by atoms with Crippen molar-refractivity contribution in [3.8, 4) is 11.1 Å². The Hall–Kier alpha value is -6.78. The van der Waals surface area contributed by atoms with E-state index in [0.717, 1.165) is 25.7 Å². The molecule has 0 fully saturated rings. The maximum atomic E-state index is 2.89. The molecule has 72 heavy (non-hydrogen) atoms. The van der Waals surface area contributed by atoms with E-state index in [-0.39, 0.29) is 39.5 Å². The van der Waals surface area contributed by atoms with Gasteiger partial charge in [0.1, 0.15) is 0 Å². The van der Waals surface area contributed by atoms with Crippen molar-refractivity contribution >= 4 is 62.9 Å². The largest absolute Gasteiger partial charge is 0.331 e. The maximum absolute atomic E-state index is 2.89. The van der Waals surface area contributed by atoms with Crippen LogP contribution in [0.4, 0.5) is 39.8 Å². The maximum Gasteiger partial charge on any atom is 0.252 e. The highest BCUT2D eigenvalue weighted by Crippen LogP contribution is 2.67. The van der Waals surface area contributed by atoms with Crippen molar-refractivity contribution in [1.82, 2.24) is 0 Å². The Morgan fingerprint density at radius 2 is 0.972 bits per heavy atom. The fraction of sp³-hybridized carbons (Fsp3) is 0.294. The zero-order valence-corrected chi connectivity index (χ0v) is 43.9. The van der Waals surface area contributed by atoms with E-state index in [0.29, 0.717) is 0 Å². The summed E-state index contributed by atoms with van der Waals surface area (Å²) in [6, 6.07) is 66.9. The van der Waals surface area contributed by atoms with Crippen LogP contribution in [0.5, 0.6) is 0 Å². The molecule has 356 valence electrons. The lowest BCUT2D eigenvalue weighted by Gasteiger charge is -2.54. The van der Waals surface area contributed by atoms with Gasteiger partial charge in [-0.05, 0) is 153 Å². The second-order valence-electron chi connectivity index (χ2n) is 25.1. The number of hydrogen-bond donors (Lipinski definition) is 0. The molecule has 2 aliphatic carbocycles. The van der Waals surface area contributed by atoms with Crippen LogP contribution in [0.15, 0.2) is 170 Å². The van der Waals surface area contributed by atoms with Crippen LogP contribution in [0.2, 0.25) is 0 Å². The van der Waals surface area contributed by atoms with E-state index >= 15 is 0 Å². The third-order valence-corrected chi connectivity index (χ3v) is 19.6. The lowest BCUT2D eigenvalue weighted by molar-refractivity contribution is 0.244. The van der Waals surface area contributed by atoms with Crippen LogP contribution in [0.1, 0.15) is 127 Å². The number of benzene rings is 8. The van der Waals surface area contributed by atoms with E-state index in [4.69, 9.17) is 0 Å². The first-order chi connectivity index (χ1) is 34.5. The Labute approximate surface area is 428 Å². The van der Waals surface area contributed by atoms with Crippen LogP contribution in [0.3, 0.4) is 0 Å². The second kappa shape index (κ2) is 14.5. The zero-order chi connectivity index (χ0) is 49.5. The monoisotopic (exact) mass is 936 g/mol. The molecule has 0 N–H and O–H groups in total. The molecule has 4 atom stereocenters. The Balaban J connectivity index is 1.15. The van der Waals surface area contributed by atoms with Crippen molar-refractivity contribution in [1.29, 1.82) is 0 Å². The summed E-state index contributed by atoms with van der Waals surface area (Å²) in [6.45, 7) is 24.5. The molecule has 0 saturated carbocycles. The number of fused-ring (bicyclic) bond motifs is 14. The Morgan fingerprint density at radius 1 is 0.431 bits per heavy atom. The fourth-order valence-corrected chi connectivity index (χ4v) is 15.4. The summed E-state index contributed by atoms with van der Waals surface area (Å²) in [5, 5.41) is 0. The van der Waals surface area contributed by atoms with Gasteiger partial charge in [0.25, 0.3) is 6.71 Å². The van der Waals surface area contributed by atoms with Gasteiger partial charge in [0.05, 0.1) is 16.8 Å². The third-order valence-electron chi connectivity index (χ3n) is 19.6. The van der Waals surface area contributed by atoms with Crippen LogP contribution < -0.4 is 31.1 Å². The molecule has 4 heterocycles. The van der Waals surface area contributed by atoms with E-state index in [2.05, 4.69) is 254 Å². The lowest BCUT2D eigenvalue weighted by Crippen LogP contribution is -2.64. The van der Waals surface area contributed by atoms with Crippen LogP contribution in [0.25, 0.3) is 11.1 Å². The third kappa shape index (κ3) is 5.44. The van der Waals surface area contributed by atoms with Gasteiger partial charge in [0.15, 0.2) is 0 Å². The number of nitrogens with zero attached hydrogens (tertiary/aromatic N) is 3. The van der Waals surface area contributed by atoms with E-state index in [1.165, 1.54) is 112 Å². The first kappa shape index (κ1) is 44.0. The highest BCUT2D eigenvalue weighted by atomic mass is 15.3. The molecule has 8 aromatic carbocycles. The quantitative estimate of drug-likeness (QED) is 0.163. The van der Waals surface area contributed by atoms with Gasteiger partial charge in [-0.3, -0.25) is 0 Å². The van der Waals surface area contributed by atoms with Crippen LogP contribution >= 0.6 is 0 Å². The van der Waals surface area contributed by atoms with Gasteiger partial charge in [0, 0.05) is 50.5 Å². The minimum atomic E-state index is -0.368. The molecule has 4 heteroatoms. The van der Waals surface area contributed by atoms with Crippen molar-refractivity contribution in [3.63, 3.8) is 0 Å². The number of hydrogen-bond acceptors (Lipinski definition) is 3. The Bertz CT molecular complexity index is 3610. The van der Waals surface area contributed by atoms with Crippen molar-refractivity contribution in [3.05, 3.63) is 214 Å². The standard InChI is InChI=1S/C68H66BN3/c1-63(2,3)46-31-33-56(49(39-46)43-21-12-11-13-22-43)70-58-34-32-47(64(4,5)6)40-55(58)69-54-29-20-28-53-62(54)72(68(10)51-26-17-15-24-45(51)36-38-66(53,68)8)60-42-48(41-59(70)61(60)69)71-57-30-19-18-27-52(57)65(7)37-35-44-23-14-16-25-50(44)67(65,71)9/h11-34,39-42H,35-38H2,1-10H3. The topological polar surface area (TPSA) is 9.72 Å². The summed E-state index contributed by atoms with van der Waals surface area (Å²) in [7, 11) is 0. The van der Waals surface area contributed by atoms with Gasteiger partial charge < -0.3 is 14.7 Å². The van der Waals surface area contributed by atoms with Crippen molar-refractivity contribution in [2.75, 3.05) is 14.7 Å². The summed E-state index contributed by atoms with van der Waals surface area (Å²) < 4.78 is 0. The summed E-state index contributed by atoms with van der Waals surface area (Å²) in [4.78, 5) is 8.40. The molecule has 8 aromatic rings. The average Bonchev–Trinajstić information content (AvgIpc) is 3.73. The highest BCUT2D eigenvalue weighted by Gasteiger charge is 2.64. The first-order valence-electron chi connectivity index (χ1n) is 26.8. The predicted octanol–water partition coefficient (Wildman–Crippen LogP) is 15.1. The molecule has 0 aromatic heterocycles. The minimum Gasteiger partial charge on any atom is -0.331 e. The summed E-state index contributed by atoms with van der Waals surface area (Å²) in [5.74, 6) is 0. The molecule has 0 amide bonds. The zero-order valence-electron chi connectivity index (χ0n) is 43.9. The molecule has 0 saturated heterocycles. The molecule has 6 aliphatic rings. The summed E-state index contributed by atoms with van der Waals surface area (Å²) >= 11 is 0. The minimum absolute atomic E-state index is 0.0162. The SMILES string of the molecule is CC(C)(C)c1ccc2c(c1)B1c3cccc4c3N(c3cc(N5c6ccccc6C6(C)CCc7ccccc7C56C)cc(c31)N2c1ccc(C(C)(C)C)cc1-c1ccccc1)C1(C)c2ccccc2CCC41C. The van der Waals surface area contributed by atoms with Crippen molar-refractivity contribution in [2.24, 2.45) is 0 Å². The second-order valence-corrected chi connectivity index (χ2v) is 25.1. The molecule has 14 rings (SSSR count). The number of aryl methyl sites for hydroxylation is 2. The molecule has 4 aliphatic heterocycles. The fourth-order valence-electron chi connectivity index (χ4n) is 15.4. The summed E-state index contributed by atoms with van der Waals surface area (Å²) in [6.07, 6.45) is 4.31. The molecular weight excluding hydrogens is 870 g/mol. The summed E-state index contributed by atoms with van der Waals surface area (Å²) in [5.41, 5.74) is 26.1. The smallest absolute Gasteiger partial charge is 0.252 e. The molecule has 0 bridgehead atoms. The van der Waals surface area contributed by atoms with Crippen LogP contribution in [0, 0.1) is 0 Å². The number of para-hydroxylation sites is 2. The lowest BCUT2D eigenvalue weighted by atomic mass is 9.33. The van der Waals surface area contributed by atoms with Gasteiger partial charge in [0.2, 0.25) is 0 Å². The molecule has 0 radical (unpaired) electrons. The number of rotatable bonds is 3. The van der Waals surface area contributed by atoms with Crippen LogP contribution in [-0.4, -0.2) is 6.71 Å². The average molecular weight is 936 g/mol. The first-order valence-corrected chi connectivity index (χ1v) is 26.8. The van der Waals surface area contributed by atoms with Gasteiger partial charge >= 0.3 is 0 Å². The van der Waals surface area contributed by atoms with Crippen molar-refractivity contribution < 1.29 is 0 Å². The van der Waals surface area contributed by atoms with E-state index in [1.807, 2.05) is 0 Å².